The number of aromatic nitrogens is 1. The van der Waals surface area contributed by atoms with E-state index in [1.807, 2.05) is 13.8 Å². The molecule has 5 N–H and O–H groups in total. The molecule has 3 rings (SSSR count). The Kier molecular flexibility index (Phi) is 11.8. The number of nitrogens with two attached hydrogens (primary N) is 1. The largest absolute Gasteiger partial charge is 0.496 e. The molecule has 0 spiro atoms. The predicted molar refractivity (Wildman–Crippen MR) is 176 cm³/mol. The standard InChI is InChI=1S/C34H39N5O8/c1-8-20-15-25(31(41)38-22-11-9-21(10-12-22)30(35)36)24(16-27(20)44-7)23-13-14-26(19(2)3)39-29(23)32(42)46-18-45-28(40)17-37-33(43)47-34(4,5)6/h8-16,19H,1,17-18H2,2-7H3,(H3,35,36)(H,37,43)(H,38,41). The van der Waals surface area contributed by atoms with Crippen molar-refractivity contribution in [1.82, 2.24) is 10.3 Å². The van der Waals surface area contributed by atoms with Crippen molar-refractivity contribution < 1.29 is 38.1 Å². The van der Waals surface area contributed by atoms with E-state index in [1.54, 1.807) is 69.3 Å². The van der Waals surface area contributed by atoms with Gasteiger partial charge in [0.1, 0.15) is 23.7 Å². The number of methoxy groups -OCH3 is 1. The van der Waals surface area contributed by atoms with E-state index in [-0.39, 0.29) is 28.6 Å². The number of pyridine rings is 1. The van der Waals surface area contributed by atoms with Crippen LogP contribution >= 0.6 is 0 Å². The summed E-state index contributed by atoms with van der Waals surface area (Å²) in [5, 5.41) is 12.7. The number of nitrogens with zero attached hydrogens (tertiary/aromatic N) is 1. The summed E-state index contributed by atoms with van der Waals surface area (Å²) in [4.78, 5) is 55.6. The van der Waals surface area contributed by atoms with Crippen LogP contribution in [0.2, 0.25) is 0 Å². The fraction of sp³-hybridized carbons (Fsp3) is 0.294. The molecule has 0 bridgehead atoms. The summed E-state index contributed by atoms with van der Waals surface area (Å²) in [5.41, 5.74) is 7.42. The van der Waals surface area contributed by atoms with Gasteiger partial charge in [-0.15, -0.1) is 0 Å². The number of hydrogen-bond donors (Lipinski definition) is 4. The molecular formula is C34H39N5O8. The molecule has 248 valence electrons. The highest BCUT2D eigenvalue weighted by molar-refractivity contribution is 6.11. The summed E-state index contributed by atoms with van der Waals surface area (Å²) in [7, 11) is 1.46. The van der Waals surface area contributed by atoms with Crippen molar-refractivity contribution in [1.29, 1.82) is 5.41 Å². The number of alkyl carbamates (subject to hydrolysis) is 1. The van der Waals surface area contributed by atoms with Gasteiger partial charge in [0.25, 0.3) is 5.91 Å². The number of hydrogen-bond acceptors (Lipinski definition) is 10. The highest BCUT2D eigenvalue weighted by atomic mass is 16.7. The van der Waals surface area contributed by atoms with E-state index in [0.29, 0.717) is 33.8 Å². The average molecular weight is 646 g/mol. The van der Waals surface area contributed by atoms with Gasteiger partial charge >= 0.3 is 18.0 Å². The van der Waals surface area contributed by atoms with Crippen molar-refractivity contribution in [2.45, 2.75) is 46.1 Å². The molecule has 0 saturated heterocycles. The highest BCUT2D eigenvalue weighted by Crippen LogP contribution is 2.35. The molecule has 0 aliphatic heterocycles. The molecule has 2 aromatic carbocycles. The van der Waals surface area contributed by atoms with Crippen LogP contribution in [0.1, 0.15) is 78.2 Å². The first kappa shape index (κ1) is 35.8. The third-order valence-corrected chi connectivity index (χ3v) is 6.47. The zero-order chi connectivity index (χ0) is 34.9. The molecule has 0 unspecified atom stereocenters. The number of nitrogen functional groups attached to an aromatic ring is 1. The fourth-order valence-corrected chi connectivity index (χ4v) is 4.17. The van der Waals surface area contributed by atoms with Crippen LogP contribution in [-0.2, 0) is 19.0 Å². The van der Waals surface area contributed by atoms with Crippen molar-refractivity contribution >= 4 is 41.5 Å². The molecule has 0 aliphatic carbocycles. The zero-order valence-electron chi connectivity index (χ0n) is 27.2. The smallest absolute Gasteiger partial charge is 0.408 e. The van der Waals surface area contributed by atoms with Crippen molar-refractivity contribution in [2.75, 3.05) is 25.8 Å². The number of anilines is 1. The third-order valence-electron chi connectivity index (χ3n) is 6.47. The first-order valence-corrected chi connectivity index (χ1v) is 14.5. The molecule has 3 aromatic rings. The van der Waals surface area contributed by atoms with Crippen LogP contribution in [0.25, 0.3) is 17.2 Å². The summed E-state index contributed by atoms with van der Waals surface area (Å²) in [6.45, 7) is 11.4. The van der Waals surface area contributed by atoms with Gasteiger partial charge in [0.05, 0.1) is 7.11 Å². The maximum absolute atomic E-state index is 13.7. The number of carbonyl (C=O) groups excluding carboxylic acids is 4. The van der Waals surface area contributed by atoms with Crippen LogP contribution < -0.4 is 21.1 Å². The van der Waals surface area contributed by atoms with E-state index >= 15 is 0 Å². The summed E-state index contributed by atoms with van der Waals surface area (Å²) in [6.07, 6.45) is 0.721. The van der Waals surface area contributed by atoms with Crippen LogP contribution in [0, 0.1) is 5.41 Å². The number of amides is 2. The van der Waals surface area contributed by atoms with E-state index in [0.717, 1.165) is 0 Å². The molecule has 0 aliphatic rings. The summed E-state index contributed by atoms with van der Waals surface area (Å²) < 4.78 is 20.8. The summed E-state index contributed by atoms with van der Waals surface area (Å²) in [6, 6.07) is 13.0. The fourth-order valence-electron chi connectivity index (χ4n) is 4.17. The number of ether oxygens (including phenoxy) is 4. The van der Waals surface area contributed by atoms with Crippen LogP contribution in [0.3, 0.4) is 0 Å². The number of amidine groups is 1. The van der Waals surface area contributed by atoms with Crippen LogP contribution in [0.15, 0.2) is 55.1 Å². The number of rotatable bonds is 12. The van der Waals surface area contributed by atoms with Gasteiger partial charge < -0.3 is 35.3 Å². The van der Waals surface area contributed by atoms with E-state index in [2.05, 4.69) is 22.2 Å². The minimum absolute atomic E-state index is 0.0641. The Morgan fingerprint density at radius 1 is 1.02 bits per heavy atom. The Bertz CT molecular complexity index is 1680. The first-order chi connectivity index (χ1) is 22.1. The summed E-state index contributed by atoms with van der Waals surface area (Å²) in [5.74, 6) is -2.09. The van der Waals surface area contributed by atoms with E-state index in [9.17, 15) is 19.2 Å². The molecule has 0 fully saturated rings. The molecule has 1 heterocycles. The van der Waals surface area contributed by atoms with Crippen molar-refractivity contribution in [3.05, 3.63) is 83.2 Å². The SMILES string of the molecule is C=Cc1cc(C(=O)Nc2ccc(C(=N)N)cc2)c(-c2ccc(C(C)C)nc2C(=O)OCOC(=O)CNC(=O)OC(C)(C)C)cc1OC. The Labute approximate surface area is 273 Å². The van der Waals surface area contributed by atoms with E-state index < -0.39 is 42.9 Å². The number of nitrogens with one attached hydrogen (secondary N) is 3. The number of esters is 2. The van der Waals surface area contributed by atoms with Gasteiger partial charge in [-0.1, -0.05) is 32.6 Å². The van der Waals surface area contributed by atoms with Gasteiger partial charge in [0, 0.05) is 39.2 Å². The van der Waals surface area contributed by atoms with E-state index in [4.69, 9.17) is 30.1 Å². The minimum atomic E-state index is -0.923. The van der Waals surface area contributed by atoms with Gasteiger partial charge in [0.15, 0.2) is 5.69 Å². The lowest BCUT2D eigenvalue weighted by molar-refractivity contribution is -0.151. The van der Waals surface area contributed by atoms with Crippen molar-refractivity contribution in [3.8, 4) is 16.9 Å². The van der Waals surface area contributed by atoms with E-state index in [1.165, 1.54) is 13.2 Å². The molecule has 0 radical (unpaired) electrons. The molecule has 1 aromatic heterocycles. The Hall–Kier alpha value is -5.72. The number of benzene rings is 2. The Morgan fingerprint density at radius 2 is 1.70 bits per heavy atom. The first-order valence-electron chi connectivity index (χ1n) is 14.5. The Balaban J connectivity index is 1.93. The maximum Gasteiger partial charge on any atom is 0.408 e. The normalized spacial score (nSPS) is 10.9. The van der Waals surface area contributed by atoms with Gasteiger partial charge in [-0.05, 0) is 69.2 Å². The lowest BCUT2D eigenvalue weighted by Crippen LogP contribution is -2.36. The second-order valence-electron chi connectivity index (χ2n) is 11.5. The predicted octanol–water partition coefficient (Wildman–Crippen LogP) is 5.24. The monoisotopic (exact) mass is 645 g/mol. The zero-order valence-corrected chi connectivity index (χ0v) is 27.2. The maximum atomic E-state index is 13.7. The van der Waals surface area contributed by atoms with Gasteiger partial charge in [-0.3, -0.25) is 15.0 Å². The topological polar surface area (TPSA) is 192 Å². The minimum Gasteiger partial charge on any atom is -0.496 e. The van der Waals surface area contributed by atoms with Gasteiger partial charge in [0.2, 0.25) is 6.79 Å². The van der Waals surface area contributed by atoms with Crippen LogP contribution in [-0.4, -0.2) is 60.8 Å². The molecular weight excluding hydrogens is 606 g/mol. The second kappa shape index (κ2) is 15.5. The second-order valence-corrected chi connectivity index (χ2v) is 11.5. The van der Waals surface area contributed by atoms with Crippen molar-refractivity contribution in [3.63, 3.8) is 0 Å². The number of carbonyl (C=O) groups is 4. The average Bonchev–Trinajstić information content (AvgIpc) is 3.02. The van der Waals surface area contributed by atoms with Crippen LogP contribution in [0.5, 0.6) is 5.75 Å². The summed E-state index contributed by atoms with van der Waals surface area (Å²) >= 11 is 0. The third kappa shape index (κ3) is 9.88. The highest BCUT2D eigenvalue weighted by Gasteiger charge is 2.25. The van der Waals surface area contributed by atoms with Crippen LogP contribution in [0.4, 0.5) is 10.5 Å². The molecule has 47 heavy (non-hydrogen) atoms. The lowest BCUT2D eigenvalue weighted by Gasteiger charge is -2.19. The Morgan fingerprint density at radius 3 is 2.28 bits per heavy atom. The van der Waals surface area contributed by atoms with Gasteiger partial charge in [-0.2, -0.15) is 0 Å². The molecule has 13 nitrogen and oxygen atoms in total. The molecule has 2 amide bonds. The molecule has 13 heteroatoms. The molecule has 0 saturated carbocycles. The lowest BCUT2D eigenvalue weighted by atomic mass is 9.93. The molecule has 0 atom stereocenters. The van der Waals surface area contributed by atoms with Crippen molar-refractivity contribution in [2.24, 2.45) is 5.73 Å². The quantitative estimate of drug-likeness (QED) is 0.0876. The van der Waals surface area contributed by atoms with Gasteiger partial charge in [-0.25, -0.2) is 14.6 Å².